The minimum Gasteiger partial charge on any atom is -0.341 e. The Bertz CT molecular complexity index is 686. The van der Waals surface area contributed by atoms with Crippen LogP contribution in [0, 0.1) is 6.92 Å². The molecule has 0 bridgehead atoms. The zero-order chi connectivity index (χ0) is 16.7. The van der Waals surface area contributed by atoms with E-state index in [1.54, 1.807) is 31.3 Å². The van der Waals surface area contributed by atoms with Crippen LogP contribution in [0.15, 0.2) is 53.4 Å². The summed E-state index contributed by atoms with van der Waals surface area (Å²) in [4.78, 5) is 24.3. The SMILES string of the molecule is CNC(=O)Nc1ccc(NC(=O)CSc2ccccc2C)cc1. The van der Waals surface area contributed by atoms with Gasteiger partial charge in [-0.15, -0.1) is 11.8 Å². The number of hydrogen-bond donors (Lipinski definition) is 3. The molecule has 0 aliphatic carbocycles. The second-order valence-electron chi connectivity index (χ2n) is 4.88. The topological polar surface area (TPSA) is 70.2 Å². The van der Waals surface area contributed by atoms with Gasteiger partial charge in [-0.25, -0.2) is 4.79 Å². The number of benzene rings is 2. The average Bonchev–Trinajstić information content (AvgIpc) is 2.56. The Morgan fingerprint density at radius 1 is 0.957 bits per heavy atom. The highest BCUT2D eigenvalue weighted by Gasteiger charge is 2.06. The molecule has 0 aliphatic rings. The molecule has 0 atom stereocenters. The van der Waals surface area contributed by atoms with Crippen molar-refractivity contribution in [2.45, 2.75) is 11.8 Å². The first-order valence-electron chi connectivity index (χ1n) is 7.15. The van der Waals surface area contributed by atoms with Gasteiger partial charge in [-0.2, -0.15) is 0 Å². The number of carbonyl (C=O) groups is 2. The maximum absolute atomic E-state index is 12.0. The molecule has 0 aliphatic heterocycles. The maximum atomic E-state index is 12.0. The van der Waals surface area contributed by atoms with Crippen LogP contribution in [0.5, 0.6) is 0 Å². The van der Waals surface area contributed by atoms with Gasteiger partial charge in [-0.05, 0) is 42.8 Å². The zero-order valence-corrected chi connectivity index (χ0v) is 13.9. The Hall–Kier alpha value is -2.47. The first-order chi connectivity index (χ1) is 11.1. The third kappa shape index (κ3) is 5.34. The Morgan fingerprint density at radius 2 is 1.57 bits per heavy atom. The lowest BCUT2D eigenvalue weighted by Gasteiger charge is -2.08. The first kappa shape index (κ1) is 16.9. The molecule has 3 amide bonds. The molecule has 0 spiro atoms. The lowest BCUT2D eigenvalue weighted by atomic mass is 10.2. The minimum atomic E-state index is -0.281. The molecular weight excluding hydrogens is 310 g/mol. The predicted molar refractivity (Wildman–Crippen MR) is 95.1 cm³/mol. The second kappa shape index (κ2) is 8.24. The van der Waals surface area contributed by atoms with Gasteiger partial charge in [0.1, 0.15) is 0 Å². The van der Waals surface area contributed by atoms with E-state index in [1.807, 2.05) is 31.2 Å². The molecule has 0 saturated heterocycles. The summed E-state index contributed by atoms with van der Waals surface area (Å²) in [5.74, 6) is 0.286. The number of rotatable bonds is 5. The molecular formula is C17H19N3O2S. The molecule has 0 fully saturated rings. The number of hydrogen-bond acceptors (Lipinski definition) is 3. The van der Waals surface area contributed by atoms with Crippen molar-refractivity contribution in [3.05, 3.63) is 54.1 Å². The van der Waals surface area contributed by atoms with Crippen LogP contribution in [-0.4, -0.2) is 24.7 Å². The molecule has 5 nitrogen and oxygen atoms in total. The highest BCUT2D eigenvalue weighted by Crippen LogP contribution is 2.22. The smallest absolute Gasteiger partial charge is 0.318 e. The highest BCUT2D eigenvalue weighted by atomic mass is 32.2. The van der Waals surface area contributed by atoms with Gasteiger partial charge in [0.25, 0.3) is 0 Å². The summed E-state index contributed by atoms with van der Waals surface area (Å²) in [6.07, 6.45) is 0. The molecule has 23 heavy (non-hydrogen) atoms. The molecule has 0 aromatic heterocycles. The molecule has 0 saturated carbocycles. The van der Waals surface area contributed by atoms with Gasteiger partial charge in [-0.1, -0.05) is 18.2 Å². The van der Waals surface area contributed by atoms with Crippen molar-refractivity contribution in [1.29, 1.82) is 0 Å². The number of aryl methyl sites for hydroxylation is 1. The van der Waals surface area contributed by atoms with E-state index in [0.29, 0.717) is 17.1 Å². The first-order valence-corrected chi connectivity index (χ1v) is 8.14. The fourth-order valence-corrected chi connectivity index (χ4v) is 2.72. The van der Waals surface area contributed by atoms with Gasteiger partial charge in [0.05, 0.1) is 5.75 Å². The van der Waals surface area contributed by atoms with Crippen molar-refractivity contribution in [2.75, 3.05) is 23.4 Å². The standard InChI is InChI=1S/C17H19N3O2S/c1-12-5-3-4-6-15(12)23-11-16(21)19-13-7-9-14(10-8-13)20-17(22)18-2/h3-10H,11H2,1-2H3,(H,19,21)(H2,18,20,22). The van der Waals surface area contributed by atoms with Gasteiger partial charge < -0.3 is 16.0 Å². The van der Waals surface area contributed by atoms with Crippen molar-refractivity contribution in [1.82, 2.24) is 5.32 Å². The lowest BCUT2D eigenvalue weighted by molar-refractivity contribution is -0.113. The van der Waals surface area contributed by atoms with Crippen LogP contribution >= 0.6 is 11.8 Å². The largest absolute Gasteiger partial charge is 0.341 e. The maximum Gasteiger partial charge on any atom is 0.318 e. The third-order valence-corrected chi connectivity index (χ3v) is 4.28. The van der Waals surface area contributed by atoms with Crippen molar-refractivity contribution in [3.63, 3.8) is 0 Å². The molecule has 120 valence electrons. The number of nitrogens with one attached hydrogen (secondary N) is 3. The summed E-state index contributed by atoms with van der Waals surface area (Å²) in [6.45, 7) is 2.03. The third-order valence-electron chi connectivity index (χ3n) is 3.11. The van der Waals surface area contributed by atoms with Gasteiger partial charge in [0.15, 0.2) is 0 Å². The number of urea groups is 1. The van der Waals surface area contributed by atoms with E-state index in [0.717, 1.165) is 10.5 Å². The summed E-state index contributed by atoms with van der Waals surface area (Å²) in [7, 11) is 1.55. The zero-order valence-electron chi connectivity index (χ0n) is 13.1. The predicted octanol–water partition coefficient (Wildman–Crippen LogP) is 3.48. The average molecular weight is 329 g/mol. The molecule has 3 N–H and O–H groups in total. The van der Waals surface area contributed by atoms with Crippen LogP contribution in [0.1, 0.15) is 5.56 Å². The molecule has 2 aromatic rings. The number of thioether (sulfide) groups is 1. The van der Waals surface area contributed by atoms with Gasteiger partial charge in [-0.3, -0.25) is 4.79 Å². The number of amides is 3. The van der Waals surface area contributed by atoms with Gasteiger partial charge in [0.2, 0.25) is 5.91 Å². The van der Waals surface area contributed by atoms with Crippen molar-refractivity contribution in [2.24, 2.45) is 0 Å². The van der Waals surface area contributed by atoms with E-state index in [2.05, 4.69) is 16.0 Å². The summed E-state index contributed by atoms with van der Waals surface area (Å²) >= 11 is 1.51. The monoisotopic (exact) mass is 329 g/mol. The van der Waals surface area contributed by atoms with E-state index < -0.39 is 0 Å². The van der Waals surface area contributed by atoms with Crippen LogP contribution in [0.2, 0.25) is 0 Å². The molecule has 0 unspecified atom stereocenters. The molecule has 2 aromatic carbocycles. The summed E-state index contributed by atoms with van der Waals surface area (Å²) in [6, 6.07) is 14.7. The fraction of sp³-hybridized carbons (Fsp3) is 0.176. The minimum absolute atomic E-state index is 0.0646. The highest BCUT2D eigenvalue weighted by molar-refractivity contribution is 8.00. The summed E-state index contributed by atoms with van der Waals surface area (Å²) in [5, 5.41) is 7.97. The van der Waals surface area contributed by atoms with Crippen LogP contribution in [0.25, 0.3) is 0 Å². The van der Waals surface area contributed by atoms with E-state index in [4.69, 9.17) is 0 Å². The summed E-state index contributed by atoms with van der Waals surface area (Å²) < 4.78 is 0. The Morgan fingerprint density at radius 3 is 2.17 bits per heavy atom. The normalized spacial score (nSPS) is 10.0. The van der Waals surface area contributed by atoms with Crippen molar-refractivity contribution < 1.29 is 9.59 Å². The van der Waals surface area contributed by atoms with Crippen LogP contribution in [-0.2, 0) is 4.79 Å². The van der Waals surface area contributed by atoms with Crippen molar-refractivity contribution in [3.8, 4) is 0 Å². The lowest BCUT2D eigenvalue weighted by Crippen LogP contribution is -2.24. The number of carbonyl (C=O) groups excluding carboxylic acids is 2. The van der Waals surface area contributed by atoms with E-state index in [1.165, 1.54) is 11.8 Å². The van der Waals surface area contributed by atoms with Gasteiger partial charge >= 0.3 is 6.03 Å². The quantitative estimate of drug-likeness (QED) is 0.736. The fourth-order valence-electron chi connectivity index (χ4n) is 1.89. The van der Waals surface area contributed by atoms with E-state index >= 15 is 0 Å². The van der Waals surface area contributed by atoms with Crippen molar-refractivity contribution >= 4 is 35.1 Å². The van der Waals surface area contributed by atoms with E-state index in [9.17, 15) is 9.59 Å². The van der Waals surface area contributed by atoms with E-state index in [-0.39, 0.29) is 11.9 Å². The Kier molecular flexibility index (Phi) is 6.05. The number of anilines is 2. The van der Waals surface area contributed by atoms with Crippen LogP contribution < -0.4 is 16.0 Å². The van der Waals surface area contributed by atoms with Crippen LogP contribution in [0.4, 0.5) is 16.2 Å². The molecule has 0 heterocycles. The van der Waals surface area contributed by atoms with Crippen LogP contribution in [0.3, 0.4) is 0 Å². The Balaban J connectivity index is 1.85. The molecule has 2 rings (SSSR count). The van der Waals surface area contributed by atoms with Gasteiger partial charge in [0, 0.05) is 23.3 Å². The summed E-state index contributed by atoms with van der Waals surface area (Å²) in [5.41, 5.74) is 2.52. The Labute approximate surface area is 139 Å². The second-order valence-corrected chi connectivity index (χ2v) is 5.90. The molecule has 6 heteroatoms. The molecule has 0 radical (unpaired) electrons.